The van der Waals surface area contributed by atoms with Crippen molar-refractivity contribution in [1.82, 2.24) is 0 Å². The van der Waals surface area contributed by atoms with Gasteiger partial charge in [-0.2, -0.15) is 0 Å². The number of rotatable bonds is 2. The van der Waals surface area contributed by atoms with Crippen molar-refractivity contribution in [3.8, 4) is 6.57 Å². The largest absolute Gasteiger partial charge is 0.463 e. The maximum atomic E-state index is 11.1. The summed E-state index contributed by atoms with van der Waals surface area (Å²) >= 11 is 0. The predicted molar refractivity (Wildman–Crippen MR) is 49.5 cm³/mol. The van der Waals surface area contributed by atoms with Gasteiger partial charge in [-0.3, -0.25) is 0 Å². The highest BCUT2D eigenvalue weighted by atomic mass is 16.5. The van der Waals surface area contributed by atoms with Gasteiger partial charge in [0.25, 0.3) is 6.57 Å². The van der Waals surface area contributed by atoms with Crippen LogP contribution in [0.1, 0.15) is 11.6 Å². The van der Waals surface area contributed by atoms with Gasteiger partial charge in [-0.15, -0.1) is 0 Å². The molecule has 0 bridgehead atoms. The van der Waals surface area contributed by atoms with E-state index in [4.69, 9.17) is 6.57 Å². The van der Waals surface area contributed by atoms with E-state index >= 15 is 0 Å². The normalized spacial score (nSPS) is 11.4. The maximum absolute atomic E-state index is 11.1. The first-order valence-electron chi connectivity index (χ1n) is 3.82. The van der Waals surface area contributed by atoms with E-state index in [9.17, 15) is 4.79 Å². The number of carbonyl (C=O) groups is 1. The number of methoxy groups -OCH3 is 1. The average molecular weight is 176 g/mol. The molecule has 0 aromatic heterocycles. The zero-order valence-corrected chi connectivity index (χ0v) is 7.31. The van der Waals surface area contributed by atoms with E-state index in [0.717, 1.165) is 5.56 Å². The topological polar surface area (TPSA) is 30.7 Å². The van der Waals surface area contributed by atoms with E-state index in [0.29, 0.717) is 0 Å². The molecule has 0 radical (unpaired) electrons. The summed E-state index contributed by atoms with van der Waals surface area (Å²) in [5.41, 5.74) is 0.733. The predicted octanol–water partition coefficient (Wildman–Crippen LogP) is 1.86. The summed E-state index contributed by atoms with van der Waals surface area (Å²) in [6.45, 7) is 5.11. The van der Waals surface area contributed by atoms with Gasteiger partial charge in [-0.25, -0.2) is 4.79 Å². The van der Waals surface area contributed by atoms with Crippen molar-refractivity contribution in [3.05, 3.63) is 40.7 Å². The minimum atomic E-state index is -0.716. The second kappa shape index (κ2) is 4.27. The molecule has 3 nitrogen and oxygen atoms in total. The Hall–Kier alpha value is -1.82. The van der Waals surface area contributed by atoms with Gasteiger partial charge in [0.15, 0.2) is 0 Å². The standard InChI is InChI=1S/C10H10NO2/c1-11-9(10(12)13-2)8-6-4-3-5-7-8/h1,3-7,9H,2H3/q+1. The molecule has 66 valence electrons. The number of ether oxygens (including phenoxy) is 1. The lowest BCUT2D eigenvalue weighted by Crippen LogP contribution is -2.10. The van der Waals surface area contributed by atoms with Crippen molar-refractivity contribution in [1.29, 1.82) is 0 Å². The molecule has 0 aliphatic rings. The third-order valence-corrected chi connectivity index (χ3v) is 1.69. The molecular weight excluding hydrogens is 166 g/mol. The smallest absolute Gasteiger partial charge is 0.399 e. The summed E-state index contributed by atoms with van der Waals surface area (Å²) in [6.07, 6.45) is 0. The van der Waals surface area contributed by atoms with Gasteiger partial charge in [-0.05, 0) is 0 Å². The van der Waals surface area contributed by atoms with Crippen molar-refractivity contribution >= 4 is 5.97 Å². The highest BCUT2D eigenvalue weighted by molar-refractivity contribution is 5.79. The molecule has 0 saturated heterocycles. The van der Waals surface area contributed by atoms with Crippen molar-refractivity contribution < 1.29 is 9.53 Å². The lowest BCUT2D eigenvalue weighted by Gasteiger charge is -1.98. The molecule has 0 aliphatic heterocycles. The minimum Gasteiger partial charge on any atom is -0.463 e. The number of esters is 1. The van der Waals surface area contributed by atoms with Crippen LogP contribution in [-0.4, -0.2) is 13.1 Å². The highest BCUT2D eigenvalue weighted by Gasteiger charge is 2.29. The van der Waals surface area contributed by atoms with Gasteiger partial charge in [0.05, 0.1) is 12.7 Å². The molecule has 1 aromatic rings. The Morgan fingerprint density at radius 3 is 2.54 bits per heavy atom. The second-order valence-corrected chi connectivity index (χ2v) is 2.49. The molecule has 0 spiro atoms. The van der Waals surface area contributed by atoms with E-state index in [1.54, 1.807) is 12.1 Å². The molecule has 1 atom stereocenters. The SMILES string of the molecule is C#[N+]C(C(=O)OC)c1ccccc1. The van der Waals surface area contributed by atoms with Crippen LogP contribution in [0.5, 0.6) is 0 Å². The molecule has 13 heavy (non-hydrogen) atoms. The molecule has 0 fully saturated rings. The summed E-state index contributed by atoms with van der Waals surface area (Å²) in [4.78, 5) is 14.6. The van der Waals surface area contributed by atoms with Gasteiger partial charge in [-0.1, -0.05) is 35.2 Å². The fraction of sp³-hybridized carbons (Fsp3) is 0.200. The number of carbonyl (C=O) groups excluding carboxylic acids is 1. The van der Waals surface area contributed by atoms with Gasteiger partial charge in [0.2, 0.25) is 0 Å². The van der Waals surface area contributed by atoms with Crippen molar-refractivity contribution in [2.24, 2.45) is 0 Å². The van der Waals surface area contributed by atoms with Crippen LogP contribution in [0.4, 0.5) is 0 Å². The Morgan fingerprint density at radius 2 is 2.08 bits per heavy atom. The van der Waals surface area contributed by atoms with E-state index < -0.39 is 12.0 Å². The van der Waals surface area contributed by atoms with E-state index in [-0.39, 0.29) is 0 Å². The molecule has 1 unspecified atom stereocenters. The fourth-order valence-corrected chi connectivity index (χ4v) is 1.03. The average Bonchev–Trinajstić information content (AvgIpc) is 2.20. The molecular formula is C10H10NO2+. The van der Waals surface area contributed by atoms with Crippen LogP contribution in [0.25, 0.3) is 4.85 Å². The first-order valence-corrected chi connectivity index (χ1v) is 3.82. The highest BCUT2D eigenvalue weighted by Crippen LogP contribution is 2.17. The quantitative estimate of drug-likeness (QED) is 0.644. The Bertz CT molecular complexity index is 327. The summed E-state index contributed by atoms with van der Waals surface area (Å²) in [5, 5.41) is 0. The third-order valence-electron chi connectivity index (χ3n) is 1.69. The van der Waals surface area contributed by atoms with Crippen LogP contribution in [0, 0.1) is 6.57 Å². The summed E-state index contributed by atoms with van der Waals surface area (Å²) < 4.78 is 4.54. The first-order chi connectivity index (χ1) is 6.29. The zero-order valence-electron chi connectivity index (χ0n) is 7.31. The van der Waals surface area contributed by atoms with Crippen molar-refractivity contribution in [3.63, 3.8) is 0 Å². The molecule has 3 heteroatoms. The van der Waals surface area contributed by atoms with Gasteiger partial charge >= 0.3 is 12.0 Å². The molecule has 0 amide bonds. The Kier molecular flexibility index (Phi) is 3.04. The van der Waals surface area contributed by atoms with Gasteiger partial charge in [0.1, 0.15) is 0 Å². The summed E-state index contributed by atoms with van der Waals surface area (Å²) in [7, 11) is 1.31. The van der Waals surface area contributed by atoms with E-state index in [1.165, 1.54) is 7.11 Å². The van der Waals surface area contributed by atoms with Crippen LogP contribution in [0.15, 0.2) is 30.3 Å². The third kappa shape index (κ3) is 2.06. The molecule has 1 rings (SSSR count). The van der Waals surface area contributed by atoms with Gasteiger partial charge < -0.3 is 4.74 Å². The lowest BCUT2D eigenvalue weighted by atomic mass is 10.1. The van der Waals surface area contributed by atoms with Crippen LogP contribution < -0.4 is 0 Å². The monoisotopic (exact) mass is 176 g/mol. The molecule has 0 N–H and O–H groups in total. The lowest BCUT2D eigenvalue weighted by molar-refractivity contribution is -0.141. The number of hydrogen-bond acceptors (Lipinski definition) is 2. The van der Waals surface area contributed by atoms with Crippen LogP contribution >= 0.6 is 0 Å². The Morgan fingerprint density at radius 1 is 1.46 bits per heavy atom. The molecule has 0 heterocycles. The van der Waals surface area contributed by atoms with E-state index in [1.807, 2.05) is 18.2 Å². The second-order valence-electron chi connectivity index (χ2n) is 2.49. The van der Waals surface area contributed by atoms with Crippen LogP contribution in [0.2, 0.25) is 0 Å². The van der Waals surface area contributed by atoms with Gasteiger partial charge in [0, 0.05) is 0 Å². The number of hydrogen-bond donors (Lipinski definition) is 0. The first kappa shape index (κ1) is 9.27. The fourth-order valence-electron chi connectivity index (χ4n) is 1.03. The van der Waals surface area contributed by atoms with Crippen LogP contribution in [0.3, 0.4) is 0 Å². The minimum absolute atomic E-state index is 0.450. The number of benzene rings is 1. The molecule has 0 saturated carbocycles. The Balaban J connectivity index is 2.93. The van der Waals surface area contributed by atoms with Crippen LogP contribution in [-0.2, 0) is 9.53 Å². The zero-order chi connectivity index (χ0) is 9.68. The summed E-state index contributed by atoms with van der Waals surface area (Å²) in [6, 6.07) is 8.32. The van der Waals surface area contributed by atoms with Crippen molar-refractivity contribution in [2.75, 3.05) is 7.11 Å². The molecule has 1 aromatic carbocycles. The number of nitrogens with zero attached hydrogens (tertiary/aromatic N) is 1. The Labute approximate surface area is 76.8 Å². The summed E-state index contributed by atoms with van der Waals surface area (Å²) in [5.74, 6) is -0.450. The molecule has 0 aliphatic carbocycles. The van der Waals surface area contributed by atoms with Crippen molar-refractivity contribution in [2.45, 2.75) is 6.04 Å². The van der Waals surface area contributed by atoms with E-state index in [2.05, 4.69) is 9.58 Å². The maximum Gasteiger partial charge on any atom is 0.399 e.